The molecule has 1 aliphatic heterocycles. The third-order valence-electron chi connectivity index (χ3n) is 3.21. The molecule has 0 aromatic carbocycles. The van der Waals surface area contributed by atoms with Crippen LogP contribution in [0.25, 0.3) is 0 Å². The average molecular weight is 256 g/mol. The molecule has 2 unspecified atom stereocenters. The summed E-state index contributed by atoms with van der Waals surface area (Å²) in [6.45, 7) is 5.75. The highest BCUT2D eigenvalue weighted by Gasteiger charge is 2.32. The normalized spacial score (nSPS) is 24.1. The van der Waals surface area contributed by atoms with Crippen molar-refractivity contribution in [2.75, 3.05) is 23.9 Å². The Bertz CT molecular complexity index is 375. The minimum absolute atomic E-state index is 0.327. The first kappa shape index (κ1) is 12.4. The topological polar surface area (TPSA) is 38.2 Å². The van der Waals surface area contributed by atoms with Crippen LogP contribution in [-0.4, -0.2) is 35.0 Å². The first-order valence-corrected chi connectivity index (χ1v) is 6.58. The molecular weight excluding hydrogens is 238 g/mol. The van der Waals surface area contributed by atoms with Crippen molar-refractivity contribution < 1.29 is 4.74 Å². The Balaban J connectivity index is 2.18. The third-order valence-corrected chi connectivity index (χ3v) is 3.52. The van der Waals surface area contributed by atoms with E-state index in [2.05, 4.69) is 21.8 Å². The minimum atomic E-state index is 0.327. The van der Waals surface area contributed by atoms with Gasteiger partial charge in [0, 0.05) is 30.7 Å². The summed E-state index contributed by atoms with van der Waals surface area (Å²) in [4.78, 5) is 10.9. The second-order valence-corrected chi connectivity index (χ2v) is 4.62. The standard InChI is InChI=1S/C12H18ClN3O/c1-3-17-11-4-6-14-12(15-11)16-7-5-9(2)10(16)8-13/h4,6,9-10H,3,5,7-8H2,1-2H3. The van der Waals surface area contributed by atoms with Crippen molar-refractivity contribution in [2.24, 2.45) is 5.92 Å². The first-order valence-electron chi connectivity index (χ1n) is 6.04. The number of rotatable bonds is 4. The van der Waals surface area contributed by atoms with Crippen molar-refractivity contribution in [3.63, 3.8) is 0 Å². The quantitative estimate of drug-likeness (QED) is 0.774. The molecule has 1 saturated heterocycles. The van der Waals surface area contributed by atoms with Gasteiger partial charge in [-0.1, -0.05) is 6.92 Å². The van der Waals surface area contributed by atoms with Crippen molar-refractivity contribution in [1.29, 1.82) is 0 Å². The Labute approximate surface area is 107 Å². The zero-order chi connectivity index (χ0) is 12.3. The van der Waals surface area contributed by atoms with Crippen LogP contribution in [0.1, 0.15) is 20.3 Å². The molecule has 2 rings (SSSR count). The molecule has 0 saturated carbocycles. The van der Waals surface area contributed by atoms with Gasteiger partial charge >= 0.3 is 0 Å². The number of anilines is 1. The Morgan fingerprint density at radius 2 is 2.41 bits per heavy atom. The molecule has 2 atom stereocenters. The molecule has 1 aromatic rings. The van der Waals surface area contributed by atoms with Crippen molar-refractivity contribution in [1.82, 2.24) is 9.97 Å². The predicted octanol–water partition coefficient (Wildman–Crippen LogP) is 2.33. The monoisotopic (exact) mass is 255 g/mol. The fourth-order valence-electron chi connectivity index (χ4n) is 2.19. The predicted molar refractivity (Wildman–Crippen MR) is 68.8 cm³/mol. The molecule has 0 amide bonds. The Morgan fingerprint density at radius 1 is 1.59 bits per heavy atom. The van der Waals surface area contributed by atoms with Gasteiger partial charge < -0.3 is 9.64 Å². The van der Waals surface area contributed by atoms with Gasteiger partial charge in [0.2, 0.25) is 11.8 Å². The number of hydrogen-bond donors (Lipinski definition) is 0. The van der Waals surface area contributed by atoms with Crippen molar-refractivity contribution in [3.8, 4) is 5.88 Å². The fourth-order valence-corrected chi connectivity index (χ4v) is 2.66. The lowest BCUT2D eigenvalue weighted by molar-refractivity contribution is 0.326. The van der Waals surface area contributed by atoms with Crippen LogP contribution in [0.2, 0.25) is 0 Å². The van der Waals surface area contributed by atoms with Crippen molar-refractivity contribution in [2.45, 2.75) is 26.3 Å². The van der Waals surface area contributed by atoms with Gasteiger partial charge in [-0.3, -0.25) is 0 Å². The maximum absolute atomic E-state index is 6.02. The summed E-state index contributed by atoms with van der Waals surface area (Å²) in [6.07, 6.45) is 2.88. The second kappa shape index (κ2) is 5.54. The third kappa shape index (κ3) is 2.63. The molecule has 0 spiro atoms. The smallest absolute Gasteiger partial charge is 0.228 e. The van der Waals surface area contributed by atoms with Crippen LogP contribution < -0.4 is 9.64 Å². The van der Waals surface area contributed by atoms with Crippen LogP contribution in [0.4, 0.5) is 5.95 Å². The van der Waals surface area contributed by atoms with Crippen molar-refractivity contribution in [3.05, 3.63) is 12.3 Å². The van der Waals surface area contributed by atoms with E-state index in [4.69, 9.17) is 16.3 Å². The SMILES string of the molecule is CCOc1ccnc(N2CCC(C)C2CCl)n1. The molecule has 17 heavy (non-hydrogen) atoms. The van der Waals surface area contributed by atoms with Gasteiger partial charge in [-0.05, 0) is 19.3 Å². The number of alkyl halides is 1. The van der Waals surface area contributed by atoms with Gasteiger partial charge in [0.05, 0.1) is 6.61 Å². The number of ether oxygens (including phenoxy) is 1. The van der Waals surface area contributed by atoms with Crippen LogP contribution in [0.5, 0.6) is 5.88 Å². The summed E-state index contributed by atoms with van der Waals surface area (Å²) in [5.41, 5.74) is 0. The molecular formula is C12H18ClN3O. The fraction of sp³-hybridized carbons (Fsp3) is 0.667. The van der Waals surface area contributed by atoms with E-state index in [1.165, 1.54) is 0 Å². The van der Waals surface area contributed by atoms with Gasteiger partial charge in [0.15, 0.2) is 0 Å². The zero-order valence-corrected chi connectivity index (χ0v) is 11.0. The molecule has 1 aliphatic rings. The van der Waals surface area contributed by atoms with E-state index in [0.29, 0.717) is 30.3 Å². The van der Waals surface area contributed by atoms with Gasteiger partial charge in [-0.15, -0.1) is 11.6 Å². The van der Waals surface area contributed by atoms with Gasteiger partial charge in [0.25, 0.3) is 0 Å². The van der Waals surface area contributed by atoms with Crippen LogP contribution in [-0.2, 0) is 0 Å². The van der Waals surface area contributed by atoms with Crippen LogP contribution >= 0.6 is 11.6 Å². The van der Waals surface area contributed by atoms with Crippen LogP contribution in [0.15, 0.2) is 12.3 Å². The second-order valence-electron chi connectivity index (χ2n) is 4.31. The molecule has 94 valence electrons. The van der Waals surface area contributed by atoms with E-state index in [9.17, 15) is 0 Å². The molecule has 0 radical (unpaired) electrons. The molecule has 1 aromatic heterocycles. The zero-order valence-electron chi connectivity index (χ0n) is 10.3. The molecule has 0 aliphatic carbocycles. The number of aromatic nitrogens is 2. The maximum Gasteiger partial charge on any atom is 0.228 e. The van der Waals surface area contributed by atoms with Gasteiger partial charge in [-0.2, -0.15) is 4.98 Å². The lowest BCUT2D eigenvalue weighted by atomic mass is 10.1. The van der Waals surface area contributed by atoms with E-state index in [1.807, 2.05) is 6.92 Å². The summed E-state index contributed by atoms with van der Waals surface area (Å²) in [6, 6.07) is 2.11. The summed E-state index contributed by atoms with van der Waals surface area (Å²) in [7, 11) is 0. The van der Waals surface area contributed by atoms with E-state index < -0.39 is 0 Å². The maximum atomic E-state index is 6.02. The van der Waals surface area contributed by atoms with E-state index in [-0.39, 0.29) is 0 Å². The summed E-state index contributed by atoms with van der Waals surface area (Å²) in [5.74, 6) is 2.56. The number of hydrogen-bond acceptors (Lipinski definition) is 4. The van der Waals surface area contributed by atoms with Gasteiger partial charge in [-0.25, -0.2) is 4.98 Å². The molecule has 0 N–H and O–H groups in total. The minimum Gasteiger partial charge on any atom is -0.478 e. The summed E-state index contributed by atoms with van der Waals surface area (Å²) < 4.78 is 5.39. The Morgan fingerprint density at radius 3 is 3.12 bits per heavy atom. The number of nitrogens with zero attached hydrogens (tertiary/aromatic N) is 3. The van der Waals surface area contributed by atoms with Crippen molar-refractivity contribution >= 4 is 17.5 Å². The molecule has 2 heterocycles. The lowest BCUT2D eigenvalue weighted by Crippen LogP contribution is -2.34. The highest BCUT2D eigenvalue weighted by atomic mass is 35.5. The lowest BCUT2D eigenvalue weighted by Gasteiger charge is -2.25. The summed E-state index contributed by atoms with van der Waals surface area (Å²) in [5, 5.41) is 0. The average Bonchev–Trinajstić information content (AvgIpc) is 2.71. The largest absolute Gasteiger partial charge is 0.478 e. The molecule has 0 bridgehead atoms. The molecule has 4 nitrogen and oxygen atoms in total. The Hall–Kier alpha value is -1.03. The highest BCUT2D eigenvalue weighted by Crippen LogP contribution is 2.28. The Kier molecular flexibility index (Phi) is 4.05. The van der Waals surface area contributed by atoms with E-state index in [1.54, 1.807) is 12.3 Å². The van der Waals surface area contributed by atoms with E-state index >= 15 is 0 Å². The molecule has 1 fully saturated rings. The number of halogens is 1. The van der Waals surface area contributed by atoms with E-state index in [0.717, 1.165) is 18.9 Å². The van der Waals surface area contributed by atoms with Crippen LogP contribution in [0.3, 0.4) is 0 Å². The highest BCUT2D eigenvalue weighted by molar-refractivity contribution is 6.18. The van der Waals surface area contributed by atoms with Gasteiger partial charge in [0.1, 0.15) is 0 Å². The van der Waals surface area contributed by atoms with Crippen LogP contribution in [0, 0.1) is 5.92 Å². The molecule has 5 heteroatoms. The first-order chi connectivity index (χ1) is 8.26. The summed E-state index contributed by atoms with van der Waals surface area (Å²) >= 11 is 6.02.